The van der Waals surface area contributed by atoms with Crippen LogP contribution in [0.1, 0.15) is 26.0 Å². The van der Waals surface area contributed by atoms with E-state index in [0.717, 1.165) is 55.2 Å². The predicted octanol–water partition coefficient (Wildman–Crippen LogP) is 2.67. The first-order valence-electron chi connectivity index (χ1n) is 8.87. The number of nitrogens with one attached hydrogen (secondary N) is 1. The Bertz CT molecular complexity index is 648. The summed E-state index contributed by atoms with van der Waals surface area (Å²) in [6.07, 6.45) is 6.23. The van der Waals surface area contributed by atoms with Gasteiger partial charge in [0, 0.05) is 56.0 Å². The van der Waals surface area contributed by atoms with E-state index >= 15 is 0 Å². The van der Waals surface area contributed by atoms with E-state index in [1.54, 1.807) is 0 Å². The third-order valence-electron chi connectivity index (χ3n) is 4.27. The highest BCUT2D eigenvalue weighted by molar-refractivity contribution is 8.00. The molecule has 24 heavy (non-hydrogen) atoms. The van der Waals surface area contributed by atoms with Crippen molar-refractivity contribution in [3.05, 3.63) is 36.3 Å². The van der Waals surface area contributed by atoms with Gasteiger partial charge in [-0.15, -0.1) is 0 Å². The van der Waals surface area contributed by atoms with Crippen LogP contribution >= 0.6 is 11.8 Å². The molecule has 3 rings (SSSR count). The molecule has 1 fully saturated rings. The SMILES string of the molecule is CCNC(=NCCc1cn2ccccc2n1)N1CCSC(CC)C1. The number of aliphatic imine (C=N–C) groups is 1. The number of aromatic nitrogens is 2. The topological polar surface area (TPSA) is 44.9 Å². The molecule has 3 heterocycles. The Hall–Kier alpha value is -1.69. The van der Waals surface area contributed by atoms with E-state index in [1.165, 1.54) is 12.2 Å². The molecule has 5 nitrogen and oxygen atoms in total. The van der Waals surface area contributed by atoms with Gasteiger partial charge in [-0.3, -0.25) is 4.99 Å². The summed E-state index contributed by atoms with van der Waals surface area (Å²) < 4.78 is 2.07. The number of hydrogen-bond donors (Lipinski definition) is 1. The highest BCUT2D eigenvalue weighted by Gasteiger charge is 2.21. The maximum absolute atomic E-state index is 4.84. The van der Waals surface area contributed by atoms with Crippen LogP contribution in [0.5, 0.6) is 0 Å². The average Bonchev–Trinajstić information content (AvgIpc) is 3.04. The van der Waals surface area contributed by atoms with Crippen molar-refractivity contribution < 1.29 is 0 Å². The molecule has 0 saturated carbocycles. The van der Waals surface area contributed by atoms with Gasteiger partial charge in [0.15, 0.2) is 5.96 Å². The molecule has 1 N–H and O–H groups in total. The zero-order valence-electron chi connectivity index (χ0n) is 14.6. The summed E-state index contributed by atoms with van der Waals surface area (Å²) in [5.74, 6) is 2.25. The standard InChI is InChI=1S/C18H27N5S/c1-3-16-14-23(11-12-24-16)18(19-4-2)20-9-8-15-13-22-10-6-5-7-17(22)21-15/h5-7,10,13,16H,3-4,8-9,11-12,14H2,1-2H3,(H,19,20). The molecule has 6 heteroatoms. The second-order valence-corrected chi connectivity index (χ2v) is 7.44. The third-order valence-corrected chi connectivity index (χ3v) is 5.64. The largest absolute Gasteiger partial charge is 0.357 e. The lowest BCUT2D eigenvalue weighted by atomic mass is 10.3. The van der Waals surface area contributed by atoms with Crippen molar-refractivity contribution in [3.8, 4) is 0 Å². The molecule has 2 aromatic heterocycles. The third kappa shape index (κ3) is 4.23. The Morgan fingerprint density at radius 2 is 2.33 bits per heavy atom. The van der Waals surface area contributed by atoms with Crippen molar-refractivity contribution in [3.63, 3.8) is 0 Å². The number of rotatable bonds is 5. The second kappa shape index (κ2) is 8.42. The molecule has 1 aliphatic heterocycles. The quantitative estimate of drug-likeness (QED) is 0.668. The molecule has 130 valence electrons. The van der Waals surface area contributed by atoms with Gasteiger partial charge in [0.1, 0.15) is 5.65 Å². The molecule has 0 bridgehead atoms. The van der Waals surface area contributed by atoms with Crippen LogP contribution in [0, 0.1) is 0 Å². The first kappa shape index (κ1) is 17.1. The molecule has 1 aliphatic rings. The maximum Gasteiger partial charge on any atom is 0.193 e. The number of guanidine groups is 1. The number of thioether (sulfide) groups is 1. The van der Waals surface area contributed by atoms with Gasteiger partial charge in [0.05, 0.1) is 5.69 Å². The zero-order chi connectivity index (χ0) is 16.8. The summed E-state index contributed by atoms with van der Waals surface area (Å²) in [5, 5.41) is 4.17. The van der Waals surface area contributed by atoms with E-state index in [2.05, 4.69) is 51.4 Å². The van der Waals surface area contributed by atoms with Crippen molar-refractivity contribution in [2.75, 3.05) is 31.9 Å². The second-order valence-electron chi connectivity index (χ2n) is 6.03. The summed E-state index contributed by atoms with van der Waals surface area (Å²) >= 11 is 2.09. The van der Waals surface area contributed by atoms with Crippen LogP contribution in [0.15, 0.2) is 35.6 Å². The van der Waals surface area contributed by atoms with E-state index in [-0.39, 0.29) is 0 Å². The number of imidazole rings is 1. The fourth-order valence-corrected chi connectivity index (χ4v) is 4.15. The van der Waals surface area contributed by atoms with Crippen LogP contribution in [0.25, 0.3) is 5.65 Å². The predicted molar refractivity (Wildman–Crippen MR) is 103 cm³/mol. The fourth-order valence-electron chi connectivity index (χ4n) is 2.97. The Morgan fingerprint density at radius 3 is 3.12 bits per heavy atom. The highest BCUT2D eigenvalue weighted by atomic mass is 32.2. The number of nitrogens with zero attached hydrogens (tertiary/aromatic N) is 4. The van der Waals surface area contributed by atoms with Crippen molar-refractivity contribution in [2.45, 2.75) is 31.9 Å². The molecule has 1 atom stereocenters. The molecule has 1 saturated heterocycles. The Morgan fingerprint density at radius 1 is 1.42 bits per heavy atom. The van der Waals surface area contributed by atoms with Gasteiger partial charge in [-0.2, -0.15) is 11.8 Å². The Kier molecular flexibility index (Phi) is 6.01. The van der Waals surface area contributed by atoms with Gasteiger partial charge < -0.3 is 14.6 Å². The van der Waals surface area contributed by atoms with Crippen molar-refractivity contribution in [2.24, 2.45) is 4.99 Å². The highest BCUT2D eigenvalue weighted by Crippen LogP contribution is 2.21. The molecule has 0 amide bonds. The van der Waals surface area contributed by atoms with Crippen LogP contribution in [0.3, 0.4) is 0 Å². The first-order valence-corrected chi connectivity index (χ1v) is 9.92. The summed E-state index contributed by atoms with van der Waals surface area (Å²) in [6, 6.07) is 6.08. The minimum atomic E-state index is 0.723. The van der Waals surface area contributed by atoms with Gasteiger partial charge >= 0.3 is 0 Å². The van der Waals surface area contributed by atoms with Crippen molar-refractivity contribution in [1.29, 1.82) is 0 Å². The first-order chi connectivity index (χ1) is 11.8. The van der Waals surface area contributed by atoms with Crippen molar-refractivity contribution in [1.82, 2.24) is 19.6 Å². The number of hydrogen-bond acceptors (Lipinski definition) is 3. The smallest absolute Gasteiger partial charge is 0.193 e. The average molecular weight is 346 g/mol. The van der Waals surface area contributed by atoms with Crippen LogP contribution in [0.4, 0.5) is 0 Å². The lowest BCUT2D eigenvalue weighted by Gasteiger charge is -2.34. The van der Waals surface area contributed by atoms with Crippen LogP contribution in [-0.4, -0.2) is 57.4 Å². The minimum absolute atomic E-state index is 0.723. The van der Waals surface area contributed by atoms with Gasteiger partial charge in [-0.25, -0.2) is 4.98 Å². The molecule has 1 unspecified atom stereocenters. The molecule has 0 radical (unpaired) electrons. The molecule has 2 aromatic rings. The molecule has 0 aliphatic carbocycles. The summed E-state index contributed by atoms with van der Waals surface area (Å²) in [5.41, 5.74) is 2.10. The fraction of sp³-hybridized carbons (Fsp3) is 0.556. The van der Waals surface area contributed by atoms with Crippen molar-refractivity contribution >= 4 is 23.4 Å². The van der Waals surface area contributed by atoms with Gasteiger partial charge in [-0.1, -0.05) is 13.0 Å². The number of pyridine rings is 1. The lowest BCUT2D eigenvalue weighted by molar-refractivity contribution is 0.408. The lowest BCUT2D eigenvalue weighted by Crippen LogP contribution is -2.48. The van der Waals surface area contributed by atoms with Crippen LogP contribution in [-0.2, 0) is 6.42 Å². The van der Waals surface area contributed by atoms with E-state index in [9.17, 15) is 0 Å². The van der Waals surface area contributed by atoms with E-state index < -0.39 is 0 Å². The summed E-state index contributed by atoms with van der Waals surface area (Å²) in [7, 11) is 0. The monoisotopic (exact) mass is 345 g/mol. The minimum Gasteiger partial charge on any atom is -0.357 e. The van der Waals surface area contributed by atoms with E-state index in [4.69, 9.17) is 4.99 Å². The van der Waals surface area contributed by atoms with Crippen LogP contribution < -0.4 is 5.32 Å². The number of fused-ring (bicyclic) bond motifs is 1. The maximum atomic E-state index is 4.84. The molecular formula is C18H27N5S. The van der Waals surface area contributed by atoms with Gasteiger partial charge in [0.2, 0.25) is 0 Å². The molecule has 0 aromatic carbocycles. The molecular weight excluding hydrogens is 318 g/mol. The zero-order valence-corrected chi connectivity index (χ0v) is 15.4. The summed E-state index contributed by atoms with van der Waals surface area (Å²) in [4.78, 5) is 11.9. The van der Waals surface area contributed by atoms with Crippen LogP contribution in [0.2, 0.25) is 0 Å². The Labute approximate surface area is 148 Å². The Balaban J connectivity index is 1.62. The van der Waals surface area contributed by atoms with E-state index in [0.29, 0.717) is 0 Å². The van der Waals surface area contributed by atoms with Gasteiger partial charge in [0.25, 0.3) is 0 Å². The van der Waals surface area contributed by atoms with E-state index in [1.807, 2.05) is 24.4 Å². The van der Waals surface area contributed by atoms with Gasteiger partial charge in [-0.05, 0) is 25.5 Å². The normalized spacial score (nSPS) is 19.0. The summed E-state index contributed by atoms with van der Waals surface area (Å²) in [6.45, 7) is 8.27. The molecule has 0 spiro atoms.